The highest BCUT2D eigenvalue weighted by Gasteiger charge is 2.43. The fourth-order valence-electron chi connectivity index (χ4n) is 3.42. The van der Waals surface area contributed by atoms with E-state index in [1.807, 2.05) is 0 Å². The van der Waals surface area contributed by atoms with Gasteiger partial charge in [-0.15, -0.1) is 11.8 Å². The van der Waals surface area contributed by atoms with Gasteiger partial charge in [-0.3, -0.25) is 19.9 Å². The van der Waals surface area contributed by atoms with Crippen molar-refractivity contribution < 1.29 is 33.5 Å². The van der Waals surface area contributed by atoms with Crippen LogP contribution in [0, 0.1) is 16.0 Å². The summed E-state index contributed by atoms with van der Waals surface area (Å²) >= 11 is 1.19. The lowest BCUT2D eigenvalue weighted by atomic mass is 9.75. The summed E-state index contributed by atoms with van der Waals surface area (Å²) in [5, 5.41) is 12.8. The number of non-ortho nitro benzene ring substituents is 1. The molecule has 33 heavy (non-hydrogen) atoms. The Hall–Kier alpha value is -3.47. The molecule has 2 unspecified atom stereocenters. The van der Waals surface area contributed by atoms with Gasteiger partial charge in [0.1, 0.15) is 5.92 Å². The zero-order valence-electron chi connectivity index (χ0n) is 18.6. The van der Waals surface area contributed by atoms with Crippen LogP contribution in [0.15, 0.2) is 52.0 Å². The van der Waals surface area contributed by atoms with Gasteiger partial charge in [0, 0.05) is 35.6 Å². The van der Waals surface area contributed by atoms with E-state index in [4.69, 9.17) is 9.47 Å². The van der Waals surface area contributed by atoms with Crippen molar-refractivity contribution >= 4 is 41.1 Å². The van der Waals surface area contributed by atoms with Crippen LogP contribution in [0.4, 0.5) is 5.69 Å². The molecule has 0 fully saturated rings. The Labute approximate surface area is 194 Å². The smallest absolute Gasteiger partial charge is 0.336 e. The number of nitro groups is 1. The predicted octanol–water partition coefficient (Wildman–Crippen LogP) is 3.18. The quantitative estimate of drug-likeness (QED) is 0.173. The van der Waals surface area contributed by atoms with Crippen LogP contribution in [0.1, 0.15) is 25.3 Å². The molecule has 1 aliphatic rings. The summed E-state index contributed by atoms with van der Waals surface area (Å²) in [6, 6.07) is 5.73. The zero-order chi connectivity index (χ0) is 24.5. The topological polar surface area (TPSA) is 134 Å². The number of hydrogen-bond acceptors (Lipinski definition) is 10. The summed E-state index contributed by atoms with van der Waals surface area (Å²) in [5.74, 6) is -3.56. The van der Waals surface area contributed by atoms with Gasteiger partial charge < -0.3 is 14.2 Å². The molecule has 2 rings (SSSR count). The molecule has 0 saturated carbocycles. The second-order valence-electron chi connectivity index (χ2n) is 6.80. The number of methoxy groups -OCH3 is 2. The zero-order valence-corrected chi connectivity index (χ0v) is 19.4. The van der Waals surface area contributed by atoms with Crippen molar-refractivity contribution in [3.8, 4) is 0 Å². The maximum atomic E-state index is 13.0. The number of nitro benzene ring substituents is 1. The van der Waals surface area contributed by atoms with E-state index >= 15 is 0 Å². The SMILES string of the molecule is CCOC(=O)C1=C(CSC=CC(=O)OC)N=C(C)C(C(=O)OC)C1c1cccc([N+](=O)[O-])c1. The molecule has 1 aromatic rings. The molecule has 1 aliphatic heterocycles. The van der Waals surface area contributed by atoms with Crippen LogP contribution in [-0.2, 0) is 28.6 Å². The van der Waals surface area contributed by atoms with Gasteiger partial charge >= 0.3 is 17.9 Å². The van der Waals surface area contributed by atoms with E-state index in [1.165, 1.54) is 55.7 Å². The molecule has 2 atom stereocenters. The first kappa shape index (κ1) is 25.8. The number of carbonyl (C=O) groups excluding carboxylic acids is 3. The lowest BCUT2D eigenvalue weighted by Crippen LogP contribution is -2.36. The molecule has 0 radical (unpaired) electrons. The molecule has 0 spiro atoms. The Morgan fingerprint density at radius 2 is 1.97 bits per heavy atom. The molecule has 11 heteroatoms. The van der Waals surface area contributed by atoms with E-state index in [2.05, 4.69) is 9.73 Å². The molecule has 176 valence electrons. The molecule has 0 saturated heterocycles. The minimum Gasteiger partial charge on any atom is -0.468 e. The number of benzene rings is 1. The van der Waals surface area contributed by atoms with Crippen molar-refractivity contribution in [3.05, 3.63) is 62.7 Å². The Bertz CT molecular complexity index is 1030. The van der Waals surface area contributed by atoms with Gasteiger partial charge in [-0.1, -0.05) is 12.1 Å². The molecule has 0 bridgehead atoms. The number of aliphatic imine (C=N–C) groups is 1. The Balaban J connectivity index is 2.65. The minimum absolute atomic E-state index is 0.0816. The monoisotopic (exact) mass is 476 g/mol. The highest BCUT2D eigenvalue weighted by Crippen LogP contribution is 2.41. The number of ether oxygens (including phenoxy) is 3. The van der Waals surface area contributed by atoms with Crippen molar-refractivity contribution in [1.29, 1.82) is 0 Å². The molecule has 0 aliphatic carbocycles. The number of thioether (sulfide) groups is 1. The van der Waals surface area contributed by atoms with Crippen LogP contribution < -0.4 is 0 Å². The summed E-state index contributed by atoms with van der Waals surface area (Å²) in [6.07, 6.45) is 1.23. The molecule has 1 heterocycles. The summed E-state index contributed by atoms with van der Waals surface area (Å²) in [4.78, 5) is 52.3. The van der Waals surface area contributed by atoms with E-state index in [0.29, 0.717) is 17.0 Å². The standard InChI is InChI=1S/C22H24N2O8S/c1-5-32-22(27)20-16(12-33-10-9-17(25)30-3)23-13(2)18(21(26)31-4)19(20)14-7-6-8-15(11-14)24(28)29/h6-11,18-19H,5,12H2,1-4H3. The summed E-state index contributed by atoms with van der Waals surface area (Å²) < 4.78 is 14.8. The second-order valence-corrected chi connectivity index (χ2v) is 7.70. The van der Waals surface area contributed by atoms with Crippen LogP contribution in [0.2, 0.25) is 0 Å². The Kier molecular flexibility index (Phi) is 9.34. The maximum Gasteiger partial charge on any atom is 0.336 e. The van der Waals surface area contributed by atoms with Crippen molar-refractivity contribution in [2.75, 3.05) is 26.6 Å². The van der Waals surface area contributed by atoms with Crippen molar-refractivity contribution in [1.82, 2.24) is 0 Å². The first-order valence-electron chi connectivity index (χ1n) is 9.88. The highest BCUT2D eigenvalue weighted by molar-refractivity contribution is 8.02. The van der Waals surface area contributed by atoms with Gasteiger partial charge in [0.05, 0.1) is 37.0 Å². The van der Waals surface area contributed by atoms with Gasteiger partial charge in [0.15, 0.2) is 0 Å². The fourth-order valence-corrected chi connectivity index (χ4v) is 4.10. The van der Waals surface area contributed by atoms with E-state index in [1.54, 1.807) is 19.9 Å². The van der Waals surface area contributed by atoms with Gasteiger partial charge in [0.25, 0.3) is 5.69 Å². The third kappa shape index (κ3) is 6.28. The second kappa shape index (κ2) is 12.0. The molecule has 10 nitrogen and oxygen atoms in total. The summed E-state index contributed by atoms with van der Waals surface area (Å²) in [6.45, 7) is 3.35. The number of carbonyl (C=O) groups is 3. The van der Waals surface area contributed by atoms with Crippen LogP contribution >= 0.6 is 11.8 Å². The van der Waals surface area contributed by atoms with E-state index in [9.17, 15) is 24.5 Å². The lowest BCUT2D eigenvalue weighted by molar-refractivity contribution is -0.384. The highest BCUT2D eigenvalue weighted by atomic mass is 32.2. The largest absolute Gasteiger partial charge is 0.468 e. The predicted molar refractivity (Wildman–Crippen MR) is 122 cm³/mol. The third-order valence-electron chi connectivity index (χ3n) is 4.83. The van der Waals surface area contributed by atoms with Crippen molar-refractivity contribution in [3.63, 3.8) is 0 Å². The Morgan fingerprint density at radius 3 is 2.58 bits per heavy atom. The third-order valence-corrected chi connectivity index (χ3v) is 5.60. The fraction of sp³-hybridized carbons (Fsp3) is 0.364. The molecular weight excluding hydrogens is 452 g/mol. The van der Waals surface area contributed by atoms with E-state index < -0.39 is 34.7 Å². The lowest BCUT2D eigenvalue weighted by Gasteiger charge is -2.31. The maximum absolute atomic E-state index is 13.0. The van der Waals surface area contributed by atoms with Crippen molar-refractivity contribution in [2.24, 2.45) is 10.9 Å². The number of rotatable bonds is 9. The summed E-state index contributed by atoms with van der Waals surface area (Å²) in [7, 11) is 2.47. The molecular formula is C22H24N2O8S. The molecule has 0 N–H and O–H groups in total. The Morgan fingerprint density at radius 1 is 1.24 bits per heavy atom. The average molecular weight is 477 g/mol. The number of nitrogens with zero attached hydrogens (tertiary/aromatic N) is 2. The van der Waals surface area contributed by atoms with Crippen LogP contribution in [0.3, 0.4) is 0 Å². The van der Waals surface area contributed by atoms with Crippen LogP contribution in [0.5, 0.6) is 0 Å². The first-order valence-corrected chi connectivity index (χ1v) is 10.9. The average Bonchev–Trinajstić information content (AvgIpc) is 2.80. The van der Waals surface area contributed by atoms with Gasteiger partial charge in [-0.2, -0.15) is 0 Å². The summed E-state index contributed by atoms with van der Waals surface area (Å²) in [5.41, 5.74) is 1.03. The van der Waals surface area contributed by atoms with Crippen molar-refractivity contribution in [2.45, 2.75) is 19.8 Å². The van der Waals surface area contributed by atoms with E-state index in [-0.39, 0.29) is 23.6 Å². The van der Waals surface area contributed by atoms with E-state index in [0.717, 1.165) is 0 Å². The van der Waals surface area contributed by atoms with Gasteiger partial charge in [0.2, 0.25) is 0 Å². The minimum atomic E-state index is -0.976. The first-order chi connectivity index (χ1) is 15.7. The van der Waals surface area contributed by atoms with Crippen LogP contribution in [0.25, 0.3) is 0 Å². The normalized spacial score (nSPS) is 18.0. The molecule has 0 aromatic heterocycles. The molecule has 1 aromatic carbocycles. The number of hydrogen-bond donors (Lipinski definition) is 0. The number of esters is 3. The van der Waals surface area contributed by atoms with Crippen LogP contribution in [-0.4, -0.2) is 55.1 Å². The van der Waals surface area contributed by atoms with Gasteiger partial charge in [-0.05, 0) is 24.8 Å². The van der Waals surface area contributed by atoms with Gasteiger partial charge in [-0.25, -0.2) is 9.59 Å². The molecule has 0 amide bonds.